The summed E-state index contributed by atoms with van der Waals surface area (Å²) < 4.78 is 73.9. The van der Waals surface area contributed by atoms with Gasteiger partial charge in [0.05, 0.1) is 46.2 Å². The van der Waals surface area contributed by atoms with Crippen LogP contribution in [0.3, 0.4) is 0 Å². The maximum Gasteiger partial charge on any atom is 0.217 e. The Morgan fingerprint density at radius 2 is 0.642 bits per heavy atom. The second kappa shape index (κ2) is 28.7. The minimum absolute atomic E-state index is 0.779. The summed E-state index contributed by atoms with van der Waals surface area (Å²) in [7, 11) is 0. The maximum atomic E-state index is 12.0. The lowest BCUT2D eigenvalue weighted by atomic mass is 9.95. The van der Waals surface area contributed by atoms with Crippen LogP contribution in [0.1, 0.15) is 6.92 Å². The van der Waals surface area contributed by atoms with Crippen LogP contribution in [0.4, 0.5) is 0 Å². The second-order valence-electron chi connectivity index (χ2n) is 20.4. The van der Waals surface area contributed by atoms with Crippen molar-refractivity contribution in [3.63, 3.8) is 0 Å². The van der Waals surface area contributed by atoms with Crippen LogP contribution in [0.25, 0.3) is 0 Å². The third-order valence-corrected chi connectivity index (χ3v) is 14.9. The molecule has 0 aromatic rings. The van der Waals surface area contributed by atoms with E-state index in [9.17, 15) is 117 Å². The lowest BCUT2D eigenvalue weighted by Gasteiger charge is -2.49. The van der Waals surface area contributed by atoms with E-state index < -0.39 is 267 Å². The fourth-order valence-corrected chi connectivity index (χ4v) is 10.2. The zero-order valence-corrected chi connectivity index (χ0v) is 42.7. The molecule has 0 bridgehead atoms. The van der Waals surface area contributed by atoms with E-state index in [0.29, 0.717) is 0 Å². The Morgan fingerprint density at radius 3 is 1.09 bits per heavy atom. The summed E-state index contributed by atoms with van der Waals surface area (Å²) in [6.07, 6.45) is -68.1. The predicted octanol–water partition coefficient (Wildman–Crippen LogP) is -16.1. The highest BCUT2D eigenvalue weighted by atomic mass is 16.8. The molecular weight excluding hydrogens is 1120 g/mol. The molecule has 0 aromatic carbocycles. The number of amides is 1. The van der Waals surface area contributed by atoms with Crippen molar-refractivity contribution in [3.8, 4) is 0 Å². The van der Waals surface area contributed by atoms with Gasteiger partial charge in [0.25, 0.3) is 0 Å². The molecule has 7 fully saturated rings. The van der Waals surface area contributed by atoms with E-state index in [4.69, 9.17) is 61.6 Å². The van der Waals surface area contributed by atoms with Crippen LogP contribution in [0.2, 0.25) is 0 Å². The van der Waals surface area contributed by atoms with E-state index in [1.165, 1.54) is 0 Å². The van der Waals surface area contributed by atoms with Gasteiger partial charge in [-0.2, -0.15) is 0 Å². The average molecular weight is 1190 g/mol. The smallest absolute Gasteiger partial charge is 0.217 e. The van der Waals surface area contributed by atoms with Crippen LogP contribution < -0.4 is 5.32 Å². The van der Waals surface area contributed by atoms with Crippen molar-refractivity contribution in [2.45, 2.75) is 222 Å². The van der Waals surface area contributed by atoms with Gasteiger partial charge in [0, 0.05) is 6.92 Å². The standard InChI is InChI=1S/C44H75NO36/c1-9(51)45-17-24(58)34(14(6-50)71-38(17)68)78-43-33(67)36(79-41-30(64)26(60)19(53)11(3-47)73-41)23(57)16(77-43)8-70-40-32(66)35(22(56)15(76-40)7-69-39-29(63)25(59)18(52)10(2-46)72-39)80-44-37(28(62)21(55)13(5-49)75-44)81-42-31(65)27(61)20(54)12(4-48)74-42/h10-44,46-50,52-68H,2-8H2,1H3,(H,45,51)/t10-,11-,12-,13-,14-,15-,16-,17-,18-,19-,20-,21-,22-,23-,24-,25+,26+,27+,28+,29+,30+,31+,32+,33+,34-,35+,36+,37+,38?,39+,40+,41-,42-,43+,44-/m1/s1. The van der Waals surface area contributed by atoms with E-state index >= 15 is 0 Å². The van der Waals surface area contributed by atoms with E-state index in [-0.39, 0.29) is 0 Å². The number of carbonyl (C=O) groups excluding carboxylic acids is 1. The SMILES string of the molecule is CC(=O)N[C@H]1C(O)O[C@H](CO)[C@@H](O[C@@H]2O[C@H](CO[C@H]3O[C@H](CO[C@H]4O[C@H](CO)[C@@H](O)[C@H](O)[C@@H]4O)[C@@H](O)[C@H](O[C@H]4O[C@H](CO)[C@@H](O)[C@H](O)[C@@H]4O[C@H]4O[C@H](CO)[C@@H](O)[C@H](O)[C@@H]4O)[C@@H]3O)[C@@H](O)[C@H](O[C@H]3O[C@H](CO)[C@@H](O)[C@H](O)[C@@H]3O)[C@@H]2O)[C@@H]1O. The molecule has 472 valence electrons. The van der Waals surface area contributed by atoms with E-state index in [1.54, 1.807) is 0 Å². The molecule has 35 atom stereocenters. The number of nitrogens with one attached hydrogen (secondary N) is 1. The third kappa shape index (κ3) is 14.2. The Balaban J connectivity index is 1.19. The first-order chi connectivity index (χ1) is 38.3. The molecule has 0 aromatic heterocycles. The summed E-state index contributed by atoms with van der Waals surface area (Å²) in [5.41, 5.74) is 0. The fourth-order valence-electron chi connectivity index (χ4n) is 10.2. The Bertz CT molecular complexity index is 1940. The molecule has 23 N–H and O–H groups in total. The summed E-state index contributed by atoms with van der Waals surface area (Å²) in [4.78, 5) is 12.0. The molecule has 37 nitrogen and oxygen atoms in total. The van der Waals surface area contributed by atoms with Crippen LogP contribution in [-0.2, 0) is 66.4 Å². The minimum atomic E-state index is -2.34. The molecule has 7 saturated heterocycles. The Kier molecular flexibility index (Phi) is 23.6. The number of carbonyl (C=O) groups is 1. The zero-order valence-electron chi connectivity index (χ0n) is 42.7. The van der Waals surface area contributed by atoms with Gasteiger partial charge in [0.1, 0.15) is 171 Å². The molecule has 0 saturated carbocycles. The molecule has 7 aliphatic heterocycles. The monoisotopic (exact) mass is 1190 g/mol. The van der Waals surface area contributed by atoms with Crippen LogP contribution in [0, 0.1) is 0 Å². The van der Waals surface area contributed by atoms with Crippen molar-refractivity contribution < 1.29 is 179 Å². The van der Waals surface area contributed by atoms with Crippen molar-refractivity contribution in [1.82, 2.24) is 5.32 Å². The van der Waals surface area contributed by atoms with Gasteiger partial charge < -0.3 is 179 Å². The average Bonchev–Trinajstić information content (AvgIpc) is 3.62. The summed E-state index contributed by atoms with van der Waals surface area (Å²) in [6.45, 7) is -5.86. The van der Waals surface area contributed by atoms with Crippen molar-refractivity contribution in [2.24, 2.45) is 0 Å². The van der Waals surface area contributed by atoms with E-state index in [2.05, 4.69) is 5.32 Å². The number of hydrogen-bond donors (Lipinski definition) is 23. The van der Waals surface area contributed by atoms with Gasteiger partial charge in [-0.25, -0.2) is 0 Å². The molecule has 0 radical (unpaired) electrons. The first-order valence-corrected chi connectivity index (χ1v) is 25.6. The number of ether oxygens (including phenoxy) is 13. The van der Waals surface area contributed by atoms with E-state index in [1.807, 2.05) is 0 Å². The van der Waals surface area contributed by atoms with E-state index in [0.717, 1.165) is 6.92 Å². The Morgan fingerprint density at radius 1 is 0.321 bits per heavy atom. The Hall–Kier alpha value is -1.93. The summed E-state index contributed by atoms with van der Waals surface area (Å²) in [6, 6.07) is -1.65. The normalized spacial score (nSPS) is 51.9. The number of hydrogen-bond acceptors (Lipinski definition) is 36. The molecule has 1 unspecified atom stereocenters. The fraction of sp³-hybridized carbons (Fsp3) is 0.977. The third-order valence-electron chi connectivity index (χ3n) is 14.9. The summed E-state index contributed by atoms with van der Waals surface area (Å²) in [5.74, 6) is -0.779. The molecule has 7 rings (SSSR count). The number of rotatable bonds is 20. The van der Waals surface area contributed by atoms with Crippen LogP contribution in [0.5, 0.6) is 0 Å². The quantitative estimate of drug-likeness (QED) is 0.0538. The Labute approximate surface area is 457 Å². The van der Waals surface area contributed by atoms with Gasteiger partial charge in [-0.3, -0.25) is 4.79 Å². The van der Waals surface area contributed by atoms with Gasteiger partial charge in [0.15, 0.2) is 44.0 Å². The molecule has 7 heterocycles. The largest absolute Gasteiger partial charge is 0.394 e. The first kappa shape index (κ1) is 66.6. The molecule has 1 amide bonds. The van der Waals surface area contributed by atoms with Crippen molar-refractivity contribution >= 4 is 5.91 Å². The molecule has 37 heteroatoms. The maximum absolute atomic E-state index is 12.0. The van der Waals surface area contributed by atoms with Crippen molar-refractivity contribution in [1.29, 1.82) is 0 Å². The molecule has 0 aliphatic carbocycles. The van der Waals surface area contributed by atoms with Crippen LogP contribution in [-0.4, -0.2) is 379 Å². The van der Waals surface area contributed by atoms with Crippen LogP contribution >= 0.6 is 0 Å². The predicted molar refractivity (Wildman–Crippen MR) is 243 cm³/mol. The van der Waals surface area contributed by atoms with Crippen LogP contribution in [0.15, 0.2) is 0 Å². The molecule has 0 spiro atoms. The highest BCUT2D eigenvalue weighted by molar-refractivity contribution is 5.73. The van der Waals surface area contributed by atoms with Crippen molar-refractivity contribution in [2.75, 3.05) is 46.2 Å². The highest BCUT2D eigenvalue weighted by Crippen LogP contribution is 2.37. The van der Waals surface area contributed by atoms with Gasteiger partial charge in [-0.1, -0.05) is 0 Å². The number of aliphatic hydroxyl groups excluding tert-OH is 22. The summed E-state index contributed by atoms with van der Waals surface area (Å²) in [5, 5.41) is 238. The van der Waals surface area contributed by atoms with Gasteiger partial charge in [0.2, 0.25) is 5.91 Å². The lowest BCUT2D eigenvalue weighted by Crippen LogP contribution is -2.68. The highest BCUT2D eigenvalue weighted by Gasteiger charge is 2.58. The zero-order chi connectivity index (χ0) is 59.6. The topological polar surface area (TPSA) is 594 Å². The molecule has 7 aliphatic rings. The molecular formula is C44H75NO36. The first-order valence-electron chi connectivity index (χ1n) is 25.6. The lowest BCUT2D eigenvalue weighted by molar-refractivity contribution is -0.395. The summed E-state index contributed by atoms with van der Waals surface area (Å²) >= 11 is 0. The minimum Gasteiger partial charge on any atom is -0.394 e. The van der Waals surface area contributed by atoms with Crippen molar-refractivity contribution in [3.05, 3.63) is 0 Å². The van der Waals surface area contributed by atoms with Gasteiger partial charge >= 0.3 is 0 Å². The number of aliphatic hydroxyl groups is 22. The van der Waals surface area contributed by atoms with Gasteiger partial charge in [-0.15, -0.1) is 0 Å². The second-order valence-corrected chi connectivity index (χ2v) is 20.4. The van der Waals surface area contributed by atoms with Gasteiger partial charge in [-0.05, 0) is 0 Å². The molecule has 81 heavy (non-hydrogen) atoms.